The van der Waals surface area contributed by atoms with Gasteiger partial charge in [-0.05, 0) is 35.2 Å². The zero-order valence-corrected chi connectivity index (χ0v) is 11.9. The average Bonchev–Trinajstić information content (AvgIpc) is 2.91. The fourth-order valence-electron chi connectivity index (χ4n) is 2.04. The van der Waals surface area contributed by atoms with Crippen molar-refractivity contribution in [1.29, 1.82) is 0 Å². The number of nitrogens with zero attached hydrogens (tertiary/aromatic N) is 3. The Morgan fingerprint density at radius 2 is 2.32 bits per heavy atom. The van der Waals surface area contributed by atoms with Crippen molar-refractivity contribution in [2.75, 3.05) is 6.61 Å². The van der Waals surface area contributed by atoms with E-state index in [2.05, 4.69) is 26.0 Å². The summed E-state index contributed by atoms with van der Waals surface area (Å²) in [4.78, 5) is 4.00. The van der Waals surface area contributed by atoms with E-state index < -0.39 is 0 Å². The van der Waals surface area contributed by atoms with E-state index in [4.69, 9.17) is 9.47 Å². The van der Waals surface area contributed by atoms with Gasteiger partial charge in [-0.3, -0.25) is 4.98 Å². The Kier molecular flexibility index (Phi) is 3.79. The molecule has 1 saturated heterocycles. The highest BCUT2D eigenvalue weighted by Crippen LogP contribution is 2.29. The van der Waals surface area contributed by atoms with Gasteiger partial charge < -0.3 is 9.47 Å². The molecule has 0 bridgehead atoms. The second-order valence-corrected chi connectivity index (χ2v) is 5.24. The second kappa shape index (κ2) is 5.71. The van der Waals surface area contributed by atoms with Crippen LogP contribution in [0.5, 0.6) is 11.5 Å². The van der Waals surface area contributed by atoms with E-state index in [0.717, 1.165) is 29.7 Å². The standard InChI is InChI=1S/C13H14BrN3O2/c14-11-8-15-5-4-12(11)19-10-7-16-17(9-10)13-3-1-2-6-18-13/h4-5,7-9,13H,1-3,6H2. The maximum absolute atomic E-state index is 5.75. The van der Waals surface area contributed by atoms with E-state index in [1.807, 2.05) is 10.9 Å². The van der Waals surface area contributed by atoms with Gasteiger partial charge in [-0.15, -0.1) is 0 Å². The fourth-order valence-corrected chi connectivity index (χ4v) is 2.37. The van der Waals surface area contributed by atoms with Crippen LogP contribution in [0.25, 0.3) is 0 Å². The lowest BCUT2D eigenvalue weighted by molar-refractivity contribution is -0.0395. The summed E-state index contributed by atoms with van der Waals surface area (Å²) in [6, 6.07) is 1.80. The summed E-state index contributed by atoms with van der Waals surface area (Å²) < 4.78 is 14.1. The number of ether oxygens (including phenoxy) is 2. The summed E-state index contributed by atoms with van der Waals surface area (Å²) in [6.45, 7) is 0.802. The smallest absolute Gasteiger partial charge is 0.165 e. The van der Waals surface area contributed by atoms with Crippen molar-refractivity contribution in [2.45, 2.75) is 25.5 Å². The Morgan fingerprint density at radius 3 is 3.11 bits per heavy atom. The normalized spacial score (nSPS) is 19.3. The molecule has 1 atom stereocenters. The Morgan fingerprint density at radius 1 is 1.37 bits per heavy atom. The third-order valence-electron chi connectivity index (χ3n) is 2.99. The van der Waals surface area contributed by atoms with E-state index in [1.165, 1.54) is 6.42 Å². The maximum atomic E-state index is 5.75. The molecular weight excluding hydrogens is 310 g/mol. The molecule has 1 fully saturated rings. The van der Waals surface area contributed by atoms with Crippen molar-refractivity contribution in [1.82, 2.24) is 14.8 Å². The lowest BCUT2D eigenvalue weighted by Crippen LogP contribution is -2.18. The zero-order chi connectivity index (χ0) is 13.1. The summed E-state index contributed by atoms with van der Waals surface area (Å²) in [5, 5.41) is 4.30. The van der Waals surface area contributed by atoms with Gasteiger partial charge in [0.15, 0.2) is 5.75 Å². The summed E-state index contributed by atoms with van der Waals surface area (Å²) in [6.07, 6.45) is 10.3. The van der Waals surface area contributed by atoms with E-state index in [9.17, 15) is 0 Å². The molecule has 0 aromatic carbocycles. The Labute approximate surface area is 119 Å². The largest absolute Gasteiger partial charge is 0.453 e. The van der Waals surface area contributed by atoms with Gasteiger partial charge in [-0.25, -0.2) is 4.68 Å². The van der Waals surface area contributed by atoms with Crippen molar-refractivity contribution < 1.29 is 9.47 Å². The van der Waals surface area contributed by atoms with Crippen LogP contribution < -0.4 is 4.74 Å². The van der Waals surface area contributed by atoms with Gasteiger partial charge in [0.05, 0.1) is 16.9 Å². The molecule has 1 aliphatic heterocycles. The molecule has 1 unspecified atom stereocenters. The Bertz CT molecular complexity index is 552. The molecule has 100 valence electrons. The Balaban J connectivity index is 1.73. The predicted octanol–water partition coefficient (Wildman–Crippen LogP) is 3.53. The van der Waals surface area contributed by atoms with Gasteiger partial charge in [-0.1, -0.05) is 0 Å². The molecule has 2 aromatic rings. The Hall–Kier alpha value is -1.40. The molecule has 1 aliphatic rings. The summed E-state index contributed by atoms with van der Waals surface area (Å²) in [7, 11) is 0. The van der Waals surface area contributed by atoms with Crippen LogP contribution in [0.3, 0.4) is 0 Å². The molecule has 0 aliphatic carbocycles. The minimum atomic E-state index is 0.0342. The average molecular weight is 324 g/mol. The highest BCUT2D eigenvalue weighted by molar-refractivity contribution is 9.10. The fraction of sp³-hybridized carbons (Fsp3) is 0.385. The first-order valence-electron chi connectivity index (χ1n) is 6.26. The molecule has 5 nitrogen and oxygen atoms in total. The van der Waals surface area contributed by atoms with Crippen LogP contribution >= 0.6 is 15.9 Å². The third-order valence-corrected chi connectivity index (χ3v) is 3.59. The van der Waals surface area contributed by atoms with Gasteiger partial charge in [-0.2, -0.15) is 5.10 Å². The van der Waals surface area contributed by atoms with Crippen LogP contribution in [0.2, 0.25) is 0 Å². The van der Waals surface area contributed by atoms with Crippen molar-refractivity contribution in [2.24, 2.45) is 0 Å². The third kappa shape index (κ3) is 2.96. The monoisotopic (exact) mass is 323 g/mol. The van der Waals surface area contributed by atoms with Crippen molar-refractivity contribution >= 4 is 15.9 Å². The lowest BCUT2D eigenvalue weighted by Gasteiger charge is -2.22. The molecule has 0 N–H and O–H groups in total. The molecule has 0 amide bonds. The SMILES string of the molecule is Brc1cnccc1Oc1cnn(C2CCCCO2)c1. The molecule has 3 heterocycles. The second-order valence-electron chi connectivity index (χ2n) is 4.39. The van der Waals surface area contributed by atoms with Crippen molar-refractivity contribution in [3.05, 3.63) is 35.3 Å². The molecule has 6 heteroatoms. The molecule has 3 rings (SSSR count). The van der Waals surface area contributed by atoms with Crippen LogP contribution in [-0.4, -0.2) is 21.4 Å². The molecule has 2 aromatic heterocycles. The van der Waals surface area contributed by atoms with Crippen molar-refractivity contribution in [3.8, 4) is 11.5 Å². The highest BCUT2D eigenvalue weighted by Gasteiger charge is 2.17. The number of halogens is 1. The minimum absolute atomic E-state index is 0.0342. The maximum Gasteiger partial charge on any atom is 0.165 e. The van der Waals surface area contributed by atoms with Gasteiger partial charge in [0.1, 0.15) is 12.0 Å². The van der Waals surface area contributed by atoms with Gasteiger partial charge in [0.2, 0.25) is 0 Å². The summed E-state index contributed by atoms with van der Waals surface area (Å²) in [5.74, 6) is 1.42. The first kappa shape index (κ1) is 12.6. The van der Waals surface area contributed by atoms with Crippen LogP contribution in [0, 0.1) is 0 Å². The highest BCUT2D eigenvalue weighted by atomic mass is 79.9. The van der Waals surface area contributed by atoms with Gasteiger partial charge in [0.25, 0.3) is 0 Å². The molecule has 19 heavy (non-hydrogen) atoms. The quantitative estimate of drug-likeness (QED) is 0.867. The van der Waals surface area contributed by atoms with Gasteiger partial charge in [0, 0.05) is 25.1 Å². The molecule has 0 spiro atoms. The molecule has 0 radical (unpaired) electrons. The van der Waals surface area contributed by atoms with Crippen LogP contribution in [-0.2, 0) is 4.74 Å². The summed E-state index contributed by atoms with van der Waals surface area (Å²) >= 11 is 3.40. The number of hydrogen-bond acceptors (Lipinski definition) is 4. The molecule has 0 saturated carbocycles. The van der Waals surface area contributed by atoms with E-state index >= 15 is 0 Å². The lowest BCUT2D eigenvalue weighted by atomic mass is 10.2. The summed E-state index contributed by atoms with van der Waals surface area (Å²) in [5.41, 5.74) is 0. The van der Waals surface area contributed by atoms with Crippen molar-refractivity contribution in [3.63, 3.8) is 0 Å². The first-order valence-corrected chi connectivity index (χ1v) is 7.05. The minimum Gasteiger partial charge on any atom is -0.453 e. The van der Waals surface area contributed by atoms with E-state index in [1.54, 1.807) is 24.7 Å². The van der Waals surface area contributed by atoms with Crippen LogP contribution in [0.1, 0.15) is 25.5 Å². The topological polar surface area (TPSA) is 49.2 Å². The number of pyridine rings is 1. The first-order chi connectivity index (χ1) is 9.33. The zero-order valence-electron chi connectivity index (χ0n) is 10.3. The number of aromatic nitrogens is 3. The van der Waals surface area contributed by atoms with Gasteiger partial charge >= 0.3 is 0 Å². The van der Waals surface area contributed by atoms with Crippen LogP contribution in [0.15, 0.2) is 35.3 Å². The number of rotatable bonds is 3. The van der Waals surface area contributed by atoms with E-state index in [0.29, 0.717) is 5.75 Å². The number of hydrogen-bond donors (Lipinski definition) is 0. The van der Waals surface area contributed by atoms with E-state index in [-0.39, 0.29) is 6.23 Å². The van der Waals surface area contributed by atoms with Crippen LogP contribution in [0.4, 0.5) is 0 Å². The predicted molar refractivity (Wildman–Crippen MR) is 73.1 cm³/mol. The molecular formula is C13H14BrN3O2.